The second-order valence-electron chi connectivity index (χ2n) is 4.50. The molecule has 98 valence electrons. The summed E-state index contributed by atoms with van der Waals surface area (Å²) in [6, 6.07) is 2.41. The number of rotatable bonds is 7. The lowest BCUT2D eigenvalue weighted by Crippen LogP contribution is -2.40. The Balaban J connectivity index is 2.38. The molecule has 5 heteroatoms. The third-order valence-corrected chi connectivity index (χ3v) is 5.25. The first-order chi connectivity index (χ1) is 7.93. The van der Waals surface area contributed by atoms with Crippen LogP contribution in [0.3, 0.4) is 0 Å². The SMILES string of the molecule is CCS(=O)(=O)CC(C)NC(C)Cc1ccsc1. The smallest absolute Gasteiger partial charge is 0.151 e. The van der Waals surface area contributed by atoms with Crippen molar-refractivity contribution in [1.82, 2.24) is 5.32 Å². The van der Waals surface area contributed by atoms with Crippen LogP contribution in [-0.4, -0.2) is 32.0 Å². The van der Waals surface area contributed by atoms with E-state index >= 15 is 0 Å². The zero-order valence-electron chi connectivity index (χ0n) is 10.6. The van der Waals surface area contributed by atoms with Gasteiger partial charge in [-0.05, 0) is 42.7 Å². The Hall–Kier alpha value is -0.390. The Morgan fingerprint density at radius 3 is 2.59 bits per heavy atom. The van der Waals surface area contributed by atoms with Crippen molar-refractivity contribution in [3.63, 3.8) is 0 Å². The predicted molar refractivity (Wildman–Crippen MR) is 74.4 cm³/mol. The average Bonchev–Trinajstić information content (AvgIpc) is 2.69. The van der Waals surface area contributed by atoms with Gasteiger partial charge in [0.05, 0.1) is 5.75 Å². The Morgan fingerprint density at radius 1 is 1.35 bits per heavy atom. The highest BCUT2D eigenvalue weighted by Gasteiger charge is 2.15. The number of hydrogen-bond acceptors (Lipinski definition) is 4. The standard InChI is InChI=1S/C12H21NO2S2/c1-4-17(14,15)9-11(3)13-10(2)7-12-5-6-16-8-12/h5-6,8,10-11,13H,4,7,9H2,1-3H3. The summed E-state index contributed by atoms with van der Waals surface area (Å²) in [4.78, 5) is 0. The number of hydrogen-bond donors (Lipinski definition) is 1. The molecule has 0 aliphatic heterocycles. The highest BCUT2D eigenvalue weighted by molar-refractivity contribution is 7.91. The van der Waals surface area contributed by atoms with E-state index in [1.165, 1.54) is 5.56 Å². The van der Waals surface area contributed by atoms with Gasteiger partial charge in [0.15, 0.2) is 9.84 Å². The van der Waals surface area contributed by atoms with Crippen LogP contribution in [0.4, 0.5) is 0 Å². The third kappa shape index (κ3) is 5.66. The summed E-state index contributed by atoms with van der Waals surface area (Å²) < 4.78 is 22.9. The van der Waals surface area contributed by atoms with Crippen molar-refractivity contribution in [3.05, 3.63) is 22.4 Å². The molecule has 17 heavy (non-hydrogen) atoms. The maximum atomic E-state index is 11.5. The van der Waals surface area contributed by atoms with Gasteiger partial charge in [0.1, 0.15) is 0 Å². The van der Waals surface area contributed by atoms with Gasteiger partial charge in [-0.25, -0.2) is 8.42 Å². The van der Waals surface area contributed by atoms with E-state index in [1.807, 2.05) is 6.92 Å². The molecule has 2 unspecified atom stereocenters. The van der Waals surface area contributed by atoms with Crippen LogP contribution in [0.5, 0.6) is 0 Å². The molecule has 0 bridgehead atoms. The Bertz CT molecular complexity index is 412. The molecule has 0 spiro atoms. The largest absolute Gasteiger partial charge is 0.310 e. The molecule has 0 aliphatic carbocycles. The van der Waals surface area contributed by atoms with Crippen molar-refractivity contribution < 1.29 is 8.42 Å². The van der Waals surface area contributed by atoms with Crippen LogP contribution in [0, 0.1) is 0 Å². The van der Waals surface area contributed by atoms with Gasteiger partial charge < -0.3 is 5.32 Å². The number of thiophene rings is 1. The average molecular weight is 275 g/mol. The summed E-state index contributed by atoms with van der Waals surface area (Å²) in [6.45, 7) is 5.71. The summed E-state index contributed by atoms with van der Waals surface area (Å²) >= 11 is 1.69. The first-order valence-corrected chi connectivity index (χ1v) is 8.67. The lowest BCUT2D eigenvalue weighted by atomic mass is 10.1. The molecule has 3 nitrogen and oxygen atoms in total. The van der Waals surface area contributed by atoms with Crippen molar-refractivity contribution in [2.75, 3.05) is 11.5 Å². The van der Waals surface area contributed by atoms with Gasteiger partial charge in [-0.3, -0.25) is 0 Å². The molecule has 1 heterocycles. The van der Waals surface area contributed by atoms with Crippen LogP contribution < -0.4 is 5.32 Å². The minimum Gasteiger partial charge on any atom is -0.310 e. The zero-order valence-corrected chi connectivity index (χ0v) is 12.3. The topological polar surface area (TPSA) is 46.2 Å². The molecular weight excluding hydrogens is 254 g/mol. The first kappa shape index (κ1) is 14.7. The zero-order chi connectivity index (χ0) is 12.9. The van der Waals surface area contributed by atoms with Gasteiger partial charge in [-0.2, -0.15) is 11.3 Å². The lowest BCUT2D eigenvalue weighted by Gasteiger charge is -2.19. The molecule has 1 aromatic rings. The van der Waals surface area contributed by atoms with Gasteiger partial charge in [0.2, 0.25) is 0 Å². The first-order valence-electron chi connectivity index (χ1n) is 5.90. The predicted octanol–water partition coefficient (Wildman–Crippen LogP) is 2.09. The number of nitrogens with one attached hydrogen (secondary N) is 1. The van der Waals surface area contributed by atoms with Crippen molar-refractivity contribution in [3.8, 4) is 0 Å². The van der Waals surface area contributed by atoms with E-state index in [0.29, 0.717) is 6.04 Å². The monoisotopic (exact) mass is 275 g/mol. The molecule has 0 aromatic carbocycles. The van der Waals surface area contributed by atoms with Gasteiger partial charge in [-0.1, -0.05) is 6.92 Å². The summed E-state index contributed by atoms with van der Waals surface area (Å²) in [5.41, 5.74) is 1.31. The maximum absolute atomic E-state index is 11.5. The second-order valence-corrected chi connectivity index (χ2v) is 7.68. The third-order valence-electron chi connectivity index (χ3n) is 2.63. The molecule has 1 N–H and O–H groups in total. The van der Waals surface area contributed by atoms with Crippen LogP contribution in [0.2, 0.25) is 0 Å². The molecule has 0 amide bonds. The Morgan fingerprint density at radius 2 is 2.06 bits per heavy atom. The van der Waals surface area contributed by atoms with E-state index in [1.54, 1.807) is 18.3 Å². The van der Waals surface area contributed by atoms with Gasteiger partial charge in [0, 0.05) is 17.8 Å². The fourth-order valence-electron chi connectivity index (χ4n) is 1.85. The Labute approximate surface area is 108 Å². The van der Waals surface area contributed by atoms with E-state index in [2.05, 4.69) is 29.1 Å². The summed E-state index contributed by atoms with van der Waals surface area (Å²) in [6.07, 6.45) is 0.944. The molecule has 0 aliphatic rings. The van der Waals surface area contributed by atoms with Crippen LogP contribution >= 0.6 is 11.3 Å². The summed E-state index contributed by atoms with van der Waals surface area (Å²) in [5.74, 6) is 0.440. The lowest BCUT2D eigenvalue weighted by molar-refractivity contribution is 0.484. The quantitative estimate of drug-likeness (QED) is 0.829. The molecule has 1 aromatic heterocycles. The minimum absolute atomic E-state index is 0.00795. The molecule has 0 saturated carbocycles. The molecule has 2 atom stereocenters. The minimum atomic E-state index is -2.89. The van der Waals surface area contributed by atoms with Gasteiger partial charge >= 0.3 is 0 Å². The molecule has 0 radical (unpaired) electrons. The van der Waals surface area contributed by atoms with E-state index in [-0.39, 0.29) is 17.5 Å². The highest BCUT2D eigenvalue weighted by Crippen LogP contribution is 2.09. The van der Waals surface area contributed by atoms with E-state index in [0.717, 1.165) is 6.42 Å². The van der Waals surface area contributed by atoms with Gasteiger partial charge in [-0.15, -0.1) is 0 Å². The van der Waals surface area contributed by atoms with Crippen molar-refractivity contribution in [2.45, 2.75) is 39.3 Å². The fraction of sp³-hybridized carbons (Fsp3) is 0.667. The van der Waals surface area contributed by atoms with Crippen molar-refractivity contribution in [1.29, 1.82) is 0 Å². The van der Waals surface area contributed by atoms with E-state index < -0.39 is 9.84 Å². The summed E-state index contributed by atoms with van der Waals surface area (Å²) in [5, 5.41) is 7.53. The van der Waals surface area contributed by atoms with Crippen molar-refractivity contribution >= 4 is 21.2 Å². The second kappa shape index (κ2) is 6.52. The molecular formula is C12H21NO2S2. The Kier molecular flexibility index (Phi) is 5.62. The highest BCUT2D eigenvalue weighted by atomic mass is 32.2. The molecule has 0 fully saturated rings. The van der Waals surface area contributed by atoms with Crippen LogP contribution in [0.25, 0.3) is 0 Å². The number of sulfone groups is 1. The van der Waals surface area contributed by atoms with Crippen molar-refractivity contribution in [2.24, 2.45) is 0 Å². The van der Waals surface area contributed by atoms with Crippen LogP contribution in [-0.2, 0) is 16.3 Å². The van der Waals surface area contributed by atoms with E-state index in [4.69, 9.17) is 0 Å². The maximum Gasteiger partial charge on any atom is 0.151 e. The normalized spacial score (nSPS) is 15.7. The van der Waals surface area contributed by atoms with Crippen LogP contribution in [0.15, 0.2) is 16.8 Å². The molecule has 1 rings (SSSR count). The molecule has 0 saturated heterocycles. The summed E-state index contributed by atoms with van der Waals surface area (Å²) in [7, 11) is -2.89. The van der Waals surface area contributed by atoms with E-state index in [9.17, 15) is 8.42 Å². The fourth-order valence-corrected chi connectivity index (χ4v) is 3.63. The van der Waals surface area contributed by atoms with Gasteiger partial charge in [0.25, 0.3) is 0 Å². The van der Waals surface area contributed by atoms with Crippen LogP contribution in [0.1, 0.15) is 26.3 Å².